The van der Waals surface area contributed by atoms with Crippen molar-refractivity contribution in [3.8, 4) is 0 Å². The summed E-state index contributed by atoms with van der Waals surface area (Å²) >= 11 is 0. The zero-order valence-electron chi connectivity index (χ0n) is 12.2. The Morgan fingerprint density at radius 1 is 1.40 bits per heavy atom. The predicted octanol–water partition coefficient (Wildman–Crippen LogP) is 2.53. The first-order valence-corrected chi connectivity index (χ1v) is 7.15. The molecule has 0 aromatic heterocycles. The van der Waals surface area contributed by atoms with Gasteiger partial charge in [0.1, 0.15) is 0 Å². The van der Waals surface area contributed by atoms with Crippen LogP contribution in [0, 0.1) is 0 Å². The second-order valence-corrected chi connectivity index (χ2v) is 5.92. The number of ether oxygens (including phenoxy) is 1. The summed E-state index contributed by atoms with van der Waals surface area (Å²) in [5, 5.41) is 9.13. The van der Waals surface area contributed by atoms with Crippen molar-refractivity contribution in [3.05, 3.63) is 35.9 Å². The molecule has 1 unspecified atom stereocenters. The van der Waals surface area contributed by atoms with E-state index in [1.54, 1.807) is 13.8 Å². The van der Waals surface area contributed by atoms with Crippen molar-refractivity contribution in [2.75, 3.05) is 13.1 Å². The molecule has 0 amide bonds. The van der Waals surface area contributed by atoms with Crippen LogP contribution >= 0.6 is 0 Å². The first kappa shape index (κ1) is 15.0. The van der Waals surface area contributed by atoms with Crippen molar-refractivity contribution in [2.45, 2.75) is 44.9 Å². The number of rotatable bonds is 5. The zero-order valence-corrected chi connectivity index (χ0v) is 12.2. The number of piperidine rings is 1. The second kappa shape index (κ2) is 6.37. The lowest BCUT2D eigenvalue weighted by Crippen LogP contribution is -2.45. The number of aliphatic carboxylic acids is 1. The first-order chi connectivity index (χ1) is 9.47. The van der Waals surface area contributed by atoms with Crippen LogP contribution in [-0.4, -0.2) is 40.8 Å². The fraction of sp³-hybridized carbons (Fsp3) is 0.562. The molecule has 20 heavy (non-hydrogen) atoms. The van der Waals surface area contributed by atoms with E-state index in [0.717, 1.165) is 32.5 Å². The molecule has 110 valence electrons. The number of likely N-dealkylation sites (tertiary alicyclic amines) is 1. The van der Waals surface area contributed by atoms with Crippen LogP contribution in [0.2, 0.25) is 0 Å². The molecule has 0 aliphatic carbocycles. The molecule has 1 heterocycles. The SMILES string of the molecule is CC(C)(OC1CCCN(Cc2ccccc2)C1)C(=O)O. The number of carboxylic acid groups (broad SMARTS) is 1. The minimum Gasteiger partial charge on any atom is -0.479 e. The maximum absolute atomic E-state index is 11.1. The van der Waals surface area contributed by atoms with Gasteiger partial charge in [0.15, 0.2) is 5.60 Å². The van der Waals surface area contributed by atoms with E-state index in [2.05, 4.69) is 17.0 Å². The lowest BCUT2D eigenvalue weighted by molar-refractivity contribution is -0.171. The molecule has 1 aromatic carbocycles. The highest BCUT2D eigenvalue weighted by Gasteiger charge is 2.33. The van der Waals surface area contributed by atoms with Crippen LogP contribution < -0.4 is 0 Å². The molecular formula is C16H23NO3. The summed E-state index contributed by atoms with van der Waals surface area (Å²) in [4.78, 5) is 13.5. The Bertz CT molecular complexity index is 444. The largest absolute Gasteiger partial charge is 0.479 e. The van der Waals surface area contributed by atoms with Crippen LogP contribution in [-0.2, 0) is 16.1 Å². The number of benzene rings is 1. The van der Waals surface area contributed by atoms with Gasteiger partial charge in [-0.1, -0.05) is 30.3 Å². The molecule has 1 saturated heterocycles. The maximum atomic E-state index is 11.1. The van der Waals surface area contributed by atoms with Crippen molar-refractivity contribution >= 4 is 5.97 Å². The summed E-state index contributed by atoms with van der Waals surface area (Å²) in [6, 6.07) is 10.3. The summed E-state index contributed by atoms with van der Waals surface area (Å²) in [6.07, 6.45) is 1.98. The maximum Gasteiger partial charge on any atom is 0.335 e. The Labute approximate surface area is 120 Å². The van der Waals surface area contributed by atoms with Gasteiger partial charge in [-0.25, -0.2) is 4.79 Å². The number of hydrogen-bond donors (Lipinski definition) is 1. The topological polar surface area (TPSA) is 49.8 Å². The Kier molecular flexibility index (Phi) is 4.78. The summed E-state index contributed by atoms with van der Waals surface area (Å²) in [6.45, 7) is 5.97. The minimum atomic E-state index is -1.11. The summed E-state index contributed by atoms with van der Waals surface area (Å²) in [7, 11) is 0. The molecule has 0 bridgehead atoms. The van der Waals surface area contributed by atoms with Gasteiger partial charge in [0.25, 0.3) is 0 Å². The fourth-order valence-corrected chi connectivity index (χ4v) is 2.56. The Balaban J connectivity index is 1.90. The molecule has 0 spiro atoms. The van der Waals surface area contributed by atoms with Gasteiger partial charge >= 0.3 is 5.97 Å². The van der Waals surface area contributed by atoms with E-state index in [-0.39, 0.29) is 6.10 Å². The van der Waals surface area contributed by atoms with Crippen LogP contribution in [0.15, 0.2) is 30.3 Å². The molecule has 1 atom stereocenters. The van der Waals surface area contributed by atoms with Crippen molar-refractivity contribution in [3.63, 3.8) is 0 Å². The van der Waals surface area contributed by atoms with Gasteiger partial charge < -0.3 is 9.84 Å². The molecule has 2 rings (SSSR count). The molecule has 1 aliphatic rings. The van der Waals surface area contributed by atoms with Crippen molar-refractivity contribution in [1.82, 2.24) is 4.90 Å². The van der Waals surface area contributed by atoms with E-state index < -0.39 is 11.6 Å². The first-order valence-electron chi connectivity index (χ1n) is 7.15. The monoisotopic (exact) mass is 277 g/mol. The van der Waals surface area contributed by atoms with E-state index in [1.165, 1.54) is 5.56 Å². The van der Waals surface area contributed by atoms with Gasteiger partial charge in [-0.15, -0.1) is 0 Å². The van der Waals surface area contributed by atoms with Gasteiger partial charge in [0.05, 0.1) is 6.10 Å². The number of carboxylic acids is 1. The van der Waals surface area contributed by atoms with Gasteiger partial charge in [0.2, 0.25) is 0 Å². The van der Waals surface area contributed by atoms with Gasteiger partial charge in [-0.2, -0.15) is 0 Å². The Morgan fingerprint density at radius 3 is 2.75 bits per heavy atom. The van der Waals surface area contributed by atoms with Crippen molar-refractivity contribution < 1.29 is 14.6 Å². The molecule has 1 N–H and O–H groups in total. The highest BCUT2D eigenvalue weighted by molar-refractivity contribution is 5.76. The number of nitrogens with zero attached hydrogens (tertiary/aromatic N) is 1. The van der Waals surface area contributed by atoms with E-state index in [1.807, 2.05) is 18.2 Å². The van der Waals surface area contributed by atoms with Gasteiger partial charge in [0, 0.05) is 13.1 Å². The third kappa shape index (κ3) is 4.05. The standard InChI is InChI=1S/C16H23NO3/c1-16(2,15(18)19)20-14-9-6-10-17(12-14)11-13-7-4-3-5-8-13/h3-5,7-8,14H,6,9-12H2,1-2H3,(H,18,19). The van der Waals surface area contributed by atoms with Crippen LogP contribution in [0.1, 0.15) is 32.3 Å². The van der Waals surface area contributed by atoms with E-state index in [0.29, 0.717) is 0 Å². The third-order valence-corrected chi connectivity index (χ3v) is 3.69. The molecule has 1 fully saturated rings. The highest BCUT2D eigenvalue weighted by atomic mass is 16.5. The second-order valence-electron chi connectivity index (χ2n) is 5.92. The van der Waals surface area contributed by atoms with Crippen LogP contribution in [0.5, 0.6) is 0 Å². The minimum absolute atomic E-state index is 0.00133. The van der Waals surface area contributed by atoms with Crippen LogP contribution in [0.4, 0.5) is 0 Å². The molecule has 1 aliphatic heterocycles. The molecular weight excluding hydrogens is 254 g/mol. The number of hydrogen-bond acceptors (Lipinski definition) is 3. The molecule has 0 radical (unpaired) electrons. The van der Waals surface area contributed by atoms with E-state index in [9.17, 15) is 4.79 Å². The van der Waals surface area contributed by atoms with Crippen LogP contribution in [0.3, 0.4) is 0 Å². The molecule has 1 aromatic rings. The zero-order chi connectivity index (χ0) is 14.6. The average molecular weight is 277 g/mol. The Hall–Kier alpha value is -1.39. The lowest BCUT2D eigenvalue weighted by Gasteiger charge is -2.36. The van der Waals surface area contributed by atoms with Crippen LogP contribution in [0.25, 0.3) is 0 Å². The van der Waals surface area contributed by atoms with Gasteiger partial charge in [-0.3, -0.25) is 4.90 Å². The molecule has 0 saturated carbocycles. The average Bonchev–Trinajstić information content (AvgIpc) is 2.39. The van der Waals surface area contributed by atoms with E-state index in [4.69, 9.17) is 9.84 Å². The van der Waals surface area contributed by atoms with E-state index >= 15 is 0 Å². The molecule has 4 nitrogen and oxygen atoms in total. The quantitative estimate of drug-likeness (QED) is 0.898. The summed E-state index contributed by atoms with van der Waals surface area (Å²) in [5.41, 5.74) is 0.172. The predicted molar refractivity (Wildman–Crippen MR) is 77.5 cm³/mol. The summed E-state index contributed by atoms with van der Waals surface area (Å²) < 4.78 is 5.77. The number of carbonyl (C=O) groups is 1. The van der Waals surface area contributed by atoms with Gasteiger partial charge in [-0.05, 0) is 38.8 Å². The normalized spacial score (nSPS) is 20.8. The van der Waals surface area contributed by atoms with Crippen molar-refractivity contribution in [2.24, 2.45) is 0 Å². The smallest absolute Gasteiger partial charge is 0.335 e. The third-order valence-electron chi connectivity index (χ3n) is 3.69. The lowest BCUT2D eigenvalue weighted by atomic mass is 10.0. The van der Waals surface area contributed by atoms with Crippen molar-refractivity contribution in [1.29, 1.82) is 0 Å². The molecule has 4 heteroatoms. The fourth-order valence-electron chi connectivity index (χ4n) is 2.56. The Morgan fingerprint density at radius 2 is 2.10 bits per heavy atom. The summed E-state index contributed by atoms with van der Waals surface area (Å²) in [5.74, 6) is -0.905. The highest BCUT2D eigenvalue weighted by Crippen LogP contribution is 2.21.